The molecule has 8 aromatic carbocycles. The molecule has 21 heteroatoms. The maximum Gasteiger partial charge on any atom is 0.407 e. The highest BCUT2D eigenvalue weighted by molar-refractivity contribution is 5.93. The molecule has 0 unspecified atom stereocenters. The molecule has 21 nitrogen and oxygen atoms in total. The smallest absolute Gasteiger partial charge is 0.407 e. The molecule has 0 bridgehead atoms. The van der Waals surface area contributed by atoms with Crippen LogP contribution in [0.1, 0.15) is 97.3 Å². The quantitative estimate of drug-likeness (QED) is 0.0285. The molecule has 2 fully saturated rings. The number of rotatable bonds is 27. The van der Waals surface area contributed by atoms with Gasteiger partial charge in [0.15, 0.2) is 43.1 Å². The lowest BCUT2D eigenvalue weighted by molar-refractivity contribution is -0.356. The molecule has 2 aliphatic heterocycles. The predicted octanol–water partition coefficient (Wildman–Crippen LogP) is 10.8. The number of amides is 1. The van der Waals surface area contributed by atoms with Crippen LogP contribution in [0, 0.1) is 0 Å². The summed E-state index contributed by atoms with van der Waals surface area (Å²) in [6.45, 7) is -1.23. The van der Waals surface area contributed by atoms with Crippen molar-refractivity contribution < 1.29 is 95.2 Å². The molecule has 0 saturated carbocycles. The zero-order valence-electron chi connectivity index (χ0n) is 51.2. The van der Waals surface area contributed by atoms with E-state index in [9.17, 15) is 38.4 Å². The number of ether oxygens (including phenoxy) is 12. The molecule has 0 radical (unpaired) electrons. The van der Waals surface area contributed by atoms with Crippen molar-refractivity contribution in [3.05, 3.63) is 287 Å². The van der Waals surface area contributed by atoms with Gasteiger partial charge in [0, 0.05) is 13.2 Å². The van der Waals surface area contributed by atoms with Gasteiger partial charge < -0.3 is 62.2 Å². The van der Waals surface area contributed by atoms with Crippen molar-refractivity contribution in [2.24, 2.45) is 0 Å². The first-order valence-corrected chi connectivity index (χ1v) is 30.7. The van der Waals surface area contributed by atoms with Gasteiger partial charge in [0.05, 0.1) is 38.9 Å². The Bertz CT molecular complexity index is 3780. The molecule has 488 valence electrons. The van der Waals surface area contributed by atoms with Crippen LogP contribution < -0.4 is 5.32 Å². The van der Waals surface area contributed by atoms with Gasteiger partial charge in [0.1, 0.15) is 38.1 Å². The Balaban J connectivity index is 1.06. The van der Waals surface area contributed by atoms with E-state index in [0.717, 1.165) is 5.56 Å². The number of unbranched alkanes of at least 4 members (excludes halogenated alkanes) is 2. The third kappa shape index (κ3) is 18.9. The van der Waals surface area contributed by atoms with Crippen molar-refractivity contribution in [3.8, 4) is 0 Å². The van der Waals surface area contributed by atoms with E-state index in [-0.39, 0.29) is 58.7 Å². The number of hydrogen-bond acceptors (Lipinski definition) is 20. The summed E-state index contributed by atoms with van der Waals surface area (Å²) in [6, 6.07) is 64.0. The van der Waals surface area contributed by atoms with Crippen LogP contribution in [0.4, 0.5) is 4.79 Å². The summed E-state index contributed by atoms with van der Waals surface area (Å²) in [6.07, 6.45) is -17.7. The minimum absolute atomic E-state index is 0.00339. The van der Waals surface area contributed by atoms with Crippen LogP contribution in [-0.4, -0.2) is 136 Å². The van der Waals surface area contributed by atoms with Crippen LogP contribution in [0.25, 0.3) is 0 Å². The van der Waals surface area contributed by atoms with E-state index in [0.29, 0.717) is 19.3 Å². The second kappa shape index (κ2) is 34.2. The molecule has 1 amide bonds. The van der Waals surface area contributed by atoms with Gasteiger partial charge >= 0.3 is 47.9 Å². The third-order valence-electron chi connectivity index (χ3n) is 15.1. The fraction of sp³-hybridized carbons (Fsp3) is 0.243. The highest BCUT2D eigenvalue weighted by Crippen LogP contribution is 2.37. The fourth-order valence-corrected chi connectivity index (χ4v) is 10.3. The number of nitrogens with one attached hydrogen (secondary N) is 1. The van der Waals surface area contributed by atoms with Crippen molar-refractivity contribution in [3.63, 3.8) is 0 Å². The maximum atomic E-state index is 14.8. The highest BCUT2D eigenvalue weighted by Gasteiger charge is 2.58. The number of carbonyl (C=O) groups excluding carboxylic acids is 8. The summed E-state index contributed by atoms with van der Waals surface area (Å²) in [7, 11) is 0. The summed E-state index contributed by atoms with van der Waals surface area (Å²) in [5.74, 6) is -6.61. The summed E-state index contributed by atoms with van der Waals surface area (Å²) < 4.78 is 76.3. The van der Waals surface area contributed by atoms with Crippen molar-refractivity contribution >= 4 is 47.9 Å². The van der Waals surface area contributed by atoms with Crippen molar-refractivity contribution in [2.45, 2.75) is 87.3 Å². The Morgan fingerprint density at radius 2 is 0.632 bits per heavy atom. The summed E-state index contributed by atoms with van der Waals surface area (Å²) in [4.78, 5) is 114. The first kappa shape index (κ1) is 67.1. The van der Waals surface area contributed by atoms with Gasteiger partial charge in [0.25, 0.3) is 0 Å². The Hall–Kier alpha value is -10.8. The normalized spacial score (nSPS) is 20.5. The minimum atomic E-state index is -2.09. The van der Waals surface area contributed by atoms with Gasteiger partial charge in [-0.05, 0) is 110 Å². The van der Waals surface area contributed by atoms with E-state index in [1.54, 1.807) is 127 Å². The van der Waals surface area contributed by atoms with Crippen molar-refractivity contribution in [1.82, 2.24) is 5.32 Å². The highest BCUT2D eigenvalue weighted by atomic mass is 16.8. The van der Waals surface area contributed by atoms with Gasteiger partial charge in [-0.2, -0.15) is 0 Å². The fourth-order valence-electron chi connectivity index (χ4n) is 10.3. The molecule has 0 aliphatic carbocycles. The Morgan fingerprint density at radius 1 is 0.316 bits per heavy atom. The molecule has 95 heavy (non-hydrogen) atoms. The number of esters is 7. The van der Waals surface area contributed by atoms with E-state index in [1.807, 2.05) is 30.3 Å². The zero-order valence-corrected chi connectivity index (χ0v) is 51.2. The molecule has 10 rings (SSSR count). The van der Waals surface area contributed by atoms with Crippen LogP contribution in [0.15, 0.2) is 243 Å². The van der Waals surface area contributed by atoms with Gasteiger partial charge in [0.2, 0.25) is 0 Å². The van der Waals surface area contributed by atoms with Crippen LogP contribution in [0.2, 0.25) is 0 Å². The lowest BCUT2D eigenvalue weighted by atomic mass is 9.95. The van der Waals surface area contributed by atoms with Crippen molar-refractivity contribution in [2.75, 3.05) is 26.4 Å². The molecule has 0 aromatic heterocycles. The Kier molecular flexibility index (Phi) is 24.1. The van der Waals surface area contributed by atoms with Crippen LogP contribution in [-0.2, 0) is 63.4 Å². The largest absolute Gasteiger partial charge is 0.459 e. The number of alkyl carbamates (subject to hydrolysis) is 1. The molecular formula is C74H67NO20. The third-order valence-corrected chi connectivity index (χ3v) is 15.1. The van der Waals surface area contributed by atoms with Gasteiger partial charge in [-0.25, -0.2) is 38.4 Å². The van der Waals surface area contributed by atoms with E-state index < -0.39 is 123 Å². The lowest BCUT2D eigenvalue weighted by Crippen LogP contribution is -2.67. The Morgan fingerprint density at radius 3 is 1.03 bits per heavy atom. The first-order chi connectivity index (χ1) is 46.4. The molecule has 0 spiro atoms. The number of carbonyl (C=O) groups is 8. The molecule has 1 N–H and O–H groups in total. The Labute approximate surface area is 547 Å². The average Bonchev–Trinajstić information content (AvgIpc) is 0.773. The number of hydrogen-bond donors (Lipinski definition) is 1. The molecule has 2 aliphatic rings. The molecule has 2 saturated heterocycles. The maximum absolute atomic E-state index is 14.8. The van der Waals surface area contributed by atoms with Crippen molar-refractivity contribution in [1.29, 1.82) is 0 Å². The second-order valence-electron chi connectivity index (χ2n) is 21.7. The van der Waals surface area contributed by atoms with E-state index >= 15 is 0 Å². The number of benzene rings is 8. The van der Waals surface area contributed by atoms with Gasteiger partial charge in [-0.1, -0.05) is 158 Å². The van der Waals surface area contributed by atoms with Crippen LogP contribution >= 0.6 is 0 Å². The van der Waals surface area contributed by atoms with Gasteiger partial charge in [-0.3, -0.25) is 0 Å². The predicted molar refractivity (Wildman–Crippen MR) is 338 cm³/mol. The average molecular weight is 1290 g/mol. The SMILES string of the molecule is O=C(NCCCCCO[C@H]1O[C@H](COC(=O)c2ccccc2)[C@@H](O[C@@H]2O[C@H](COC(=O)c3ccccc3)[C@H](OC(=O)c3ccccc3)[C@H](OC(=O)c3ccccc3)[C@H]2OC(=O)c2ccccc2)[C@H](OC(=O)c2ccccc2)[C@H]1OC(=O)c1ccccc1)OCc1ccccc1. The van der Waals surface area contributed by atoms with Gasteiger partial charge in [-0.15, -0.1) is 0 Å². The van der Waals surface area contributed by atoms with E-state index in [1.165, 1.54) is 84.9 Å². The minimum Gasteiger partial charge on any atom is -0.459 e. The first-order valence-electron chi connectivity index (χ1n) is 30.7. The van der Waals surface area contributed by atoms with E-state index in [4.69, 9.17) is 56.8 Å². The van der Waals surface area contributed by atoms with Crippen LogP contribution in [0.3, 0.4) is 0 Å². The monoisotopic (exact) mass is 1290 g/mol. The second-order valence-corrected chi connectivity index (χ2v) is 21.7. The standard InChI is InChI=1S/C74H67NO20/c76-65(50-30-12-2-13-31-50)85-47-57-59(90-67(78)52-34-16-4-17-35-52)61(91-68(79)53-36-18-5-19-37-53)64(94-71(82)56-42-24-8-25-43-56)73(89-57)95-60-58(48-86-66(77)51-32-14-3-15-33-51)88-72(84-45-27-9-26-44-75-74(83)87-46-49-28-10-1-11-29-49)63(93-70(81)55-40-22-7-23-41-55)62(60)92-69(80)54-38-20-6-21-39-54/h1-8,10-25,28-43,57-64,72-73H,9,26-27,44-48H2,(H,75,83)/t57-,58-,59+,60-,61+,62+,63-,64-,72+,73+/m1/s1. The summed E-state index contributed by atoms with van der Waals surface area (Å²) >= 11 is 0. The summed E-state index contributed by atoms with van der Waals surface area (Å²) in [5, 5.41) is 2.74. The molecule has 8 aromatic rings. The molecule has 2 heterocycles. The molecular weight excluding hydrogens is 1220 g/mol. The summed E-state index contributed by atoms with van der Waals surface area (Å²) in [5.41, 5.74) is 1.17. The topological polar surface area (TPSA) is 259 Å². The lowest BCUT2D eigenvalue weighted by Gasteiger charge is -2.48. The van der Waals surface area contributed by atoms with E-state index in [2.05, 4.69) is 5.32 Å². The zero-order chi connectivity index (χ0) is 66.1. The van der Waals surface area contributed by atoms with Crippen LogP contribution in [0.5, 0.6) is 0 Å². The molecule has 10 atom stereocenters.